The van der Waals surface area contributed by atoms with Gasteiger partial charge >= 0.3 is 7.00 Å². The maximum absolute atomic E-state index is 10.5. The molecule has 0 aliphatic carbocycles. The lowest BCUT2D eigenvalue weighted by Crippen LogP contribution is -2.10. The van der Waals surface area contributed by atoms with E-state index in [1.807, 2.05) is 0 Å². The molecular weight excluding hydrogens is 158 g/mol. The van der Waals surface area contributed by atoms with Crippen LogP contribution in [0.4, 0.5) is 4.79 Å². The Hall–Kier alpha value is -0.315. The van der Waals surface area contributed by atoms with Crippen molar-refractivity contribution < 1.29 is 23.5 Å². The summed E-state index contributed by atoms with van der Waals surface area (Å²) in [5, 5.41) is 0. The van der Waals surface area contributed by atoms with E-state index in [9.17, 15) is 9.36 Å². The standard InChI is InChI=1S/C3H7BO5P/c1-8-3(5)4-10(6,7)9-2/h1-2H3,(H,6,7). The monoisotopic (exact) mass is 165 g/mol. The molecule has 1 N–H and O–H groups in total. The molecule has 1 radical (unpaired) electrons. The van der Waals surface area contributed by atoms with Crippen LogP contribution in [-0.2, 0) is 13.8 Å². The van der Waals surface area contributed by atoms with Crippen LogP contribution in [-0.4, -0.2) is 32.0 Å². The molecular formula is C3H7BO5P. The Morgan fingerprint density at radius 1 is 1.60 bits per heavy atom. The van der Waals surface area contributed by atoms with E-state index in [1.165, 1.54) is 0 Å². The SMILES string of the molecule is COC(=O)[B]P(=O)(O)OC. The Bertz CT molecular complexity index is 168. The minimum atomic E-state index is -3.85. The van der Waals surface area contributed by atoms with Crippen LogP contribution in [0.25, 0.3) is 0 Å². The Balaban J connectivity index is 3.89. The fourth-order valence-corrected chi connectivity index (χ4v) is 0.716. The minimum absolute atomic E-state index is 0.493. The molecule has 0 saturated carbocycles. The van der Waals surface area contributed by atoms with Gasteiger partial charge in [0.25, 0.3) is 13.3 Å². The van der Waals surface area contributed by atoms with Crippen LogP contribution in [0.15, 0.2) is 0 Å². The highest BCUT2D eigenvalue weighted by Crippen LogP contribution is 2.38. The van der Waals surface area contributed by atoms with E-state index in [4.69, 9.17) is 4.89 Å². The lowest BCUT2D eigenvalue weighted by Gasteiger charge is -2.04. The van der Waals surface area contributed by atoms with Crippen molar-refractivity contribution in [3.63, 3.8) is 0 Å². The first-order chi connectivity index (χ1) is 4.52. The van der Waals surface area contributed by atoms with Gasteiger partial charge < -0.3 is 14.2 Å². The fraction of sp³-hybridized carbons (Fsp3) is 0.667. The zero-order valence-corrected chi connectivity index (χ0v) is 6.50. The van der Waals surface area contributed by atoms with E-state index in [2.05, 4.69) is 9.26 Å². The molecule has 0 fully saturated rings. The van der Waals surface area contributed by atoms with Crippen molar-refractivity contribution >= 4 is 20.3 Å². The zero-order chi connectivity index (χ0) is 8.20. The number of ether oxygens (including phenoxy) is 1. The first-order valence-electron chi connectivity index (χ1n) is 2.34. The lowest BCUT2D eigenvalue weighted by molar-refractivity contribution is 0.198. The topological polar surface area (TPSA) is 72.8 Å². The quantitative estimate of drug-likeness (QED) is 0.477. The van der Waals surface area contributed by atoms with Gasteiger partial charge in [0.05, 0.1) is 7.11 Å². The Labute approximate surface area is 59.1 Å². The minimum Gasteiger partial charge on any atom is -0.477 e. The van der Waals surface area contributed by atoms with Gasteiger partial charge in [-0.1, -0.05) is 0 Å². The second kappa shape index (κ2) is 3.76. The van der Waals surface area contributed by atoms with Crippen LogP contribution in [0.3, 0.4) is 0 Å². The molecule has 0 aromatic rings. The molecule has 0 amide bonds. The van der Waals surface area contributed by atoms with E-state index in [0.29, 0.717) is 7.00 Å². The number of carbonyl (C=O) groups excluding carboxylic acids is 1. The number of hydrogen-bond acceptors (Lipinski definition) is 4. The second-order valence-electron chi connectivity index (χ2n) is 1.40. The Morgan fingerprint density at radius 2 is 2.10 bits per heavy atom. The molecule has 57 valence electrons. The lowest BCUT2D eigenvalue weighted by atomic mass is 10.1. The molecule has 5 nitrogen and oxygen atoms in total. The average Bonchev–Trinajstić information content (AvgIpc) is 1.87. The molecule has 0 aromatic carbocycles. The largest absolute Gasteiger partial charge is 0.477 e. The van der Waals surface area contributed by atoms with Crippen molar-refractivity contribution in [2.75, 3.05) is 14.2 Å². The molecule has 0 rings (SSSR count). The van der Waals surface area contributed by atoms with Gasteiger partial charge in [0.1, 0.15) is 0 Å². The smallest absolute Gasteiger partial charge is 0.415 e. The molecule has 1 atom stereocenters. The van der Waals surface area contributed by atoms with Gasteiger partial charge in [0.15, 0.2) is 0 Å². The molecule has 10 heavy (non-hydrogen) atoms. The molecule has 0 bridgehead atoms. The zero-order valence-electron chi connectivity index (χ0n) is 5.60. The van der Waals surface area contributed by atoms with Crippen molar-refractivity contribution in [3.8, 4) is 0 Å². The highest BCUT2D eigenvalue weighted by atomic mass is 31.2. The summed E-state index contributed by atoms with van der Waals surface area (Å²) in [6.45, 7) is 0.493. The van der Waals surface area contributed by atoms with E-state index in [1.54, 1.807) is 0 Å². The van der Waals surface area contributed by atoms with E-state index in [0.717, 1.165) is 14.2 Å². The maximum atomic E-state index is 10.5. The second-order valence-corrected chi connectivity index (χ2v) is 3.15. The number of methoxy groups -OCH3 is 1. The molecule has 7 heteroatoms. The van der Waals surface area contributed by atoms with Crippen molar-refractivity contribution in [2.24, 2.45) is 0 Å². The molecule has 0 saturated heterocycles. The predicted molar refractivity (Wildman–Crippen MR) is 35.0 cm³/mol. The third kappa shape index (κ3) is 3.66. The summed E-state index contributed by atoms with van der Waals surface area (Å²) in [6.07, 6.45) is 0. The van der Waals surface area contributed by atoms with Gasteiger partial charge in [-0.25, -0.2) is 0 Å². The molecule has 0 heterocycles. The average molecular weight is 165 g/mol. The summed E-state index contributed by atoms with van der Waals surface area (Å²) in [7, 11) is -1.71. The van der Waals surface area contributed by atoms with Crippen LogP contribution in [0, 0.1) is 0 Å². The van der Waals surface area contributed by atoms with Gasteiger partial charge in [-0.2, -0.15) is 0 Å². The molecule has 0 spiro atoms. The van der Waals surface area contributed by atoms with Crippen molar-refractivity contribution in [2.45, 2.75) is 0 Å². The highest BCUT2D eigenvalue weighted by Gasteiger charge is 2.26. The third-order valence-corrected chi connectivity index (χ3v) is 1.79. The van der Waals surface area contributed by atoms with Crippen LogP contribution in [0.1, 0.15) is 0 Å². The van der Waals surface area contributed by atoms with Gasteiger partial charge in [-0.15, -0.1) is 0 Å². The normalized spacial score (nSPS) is 15.5. The summed E-state index contributed by atoms with van der Waals surface area (Å²) >= 11 is 0. The first-order valence-corrected chi connectivity index (χ1v) is 3.98. The number of carbonyl (C=O) groups is 1. The van der Waals surface area contributed by atoms with Gasteiger partial charge in [0, 0.05) is 7.11 Å². The van der Waals surface area contributed by atoms with Crippen LogP contribution in [0.5, 0.6) is 0 Å². The predicted octanol–water partition coefficient (Wildman–Crippen LogP) is 0.204. The van der Waals surface area contributed by atoms with Crippen molar-refractivity contribution in [1.29, 1.82) is 0 Å². The van der Waals surface area contributed by atoms with Crippen molar-refractivity contribution in [1.82, 2.24) is 0 Å². The number of hydrogen-bond donors (Lipinski definition) is 1. The summed E-state index contributed by atoms with van der Waals surface area (Å²) in [5.74, 6) is -0.882. The Kier molecular flexibility index (Phi) is 3.64. The molecule has 0 aliphatic heterocycles. The third-order valence-electron chi connectivity index (χ3n) is 0.731. The molecule has 0 aliphatic rings. The van der Waals surface area contributed by atoms with Gasteiger partial charge in [-0.3, -0.25) is 9.36 Å². The fourth-order valence-electron chi connectivity index (χ4n) is 0.239. The van der Waals surface area contributed by atoms with Crippen LogP contribution in [0.2, 0.25) is 0 Å². The van der Waals surface area contributed by atoms with Crippen LogP contribution >= 0.6 is 7.47 Å². The van der Waals surface area contributed by atoms with Crippen molar-refractivity contribution in [3.05, 3.63) is 0 Å². The van der Waals surface area contributed by atoms with E-state index >= 15 is 0 Å². The molecule has 1 unspecified atom stereocenters. The Morgan fingerprint density at radius 3 is 2.40 bits per heavy atom. The van der Waals surface area contributed by atoms with Crippen LogP contribution < -0.4 is 0 Å². The van der Waals surface area contributed by atoms with Gasteiger partial charge in [-0.05, 0) is 0 Å². The summed E-state index contributed by atoms with van der Waals surface area (Å²) < 4.78 is 18.7. The highest BCUT2D eigenvalue weighted by molar-refractivity contribution is 7.86. The summed E-state index contributed by atoms with van der Waals surface area (Å²) in [4.78, 5) is 18.9. The summed E-state index contributed by atoms with van der Waals surface area (Å²) in [5.41, 5.74) is 0. The first kappa shape index (κ1) is 9.68. The van der Waals surface area contributed by atoms with E-state index in [-0.39, 0.29) is 0 Å². The summed E-state index contributed by atoms with van der Waals surface area (Å²) in [6, 6.07) is 0. The maximum Gasteiger partial charge on any atom is 0.415 e. The van der Waals surface area contributed by atoms with Gasteiger partial charge in [0.2, 0.25) is 0 Å². The number of rotatable bonds is 3. The molecule has 0 aromatic heterocycles. The van der Waals surface area contributed by atoms with E-state index < -0.39 is 13.3 Å².